The zero-order chi connectivity index (χ0) is 15.6. The van der Waals surface area contributed by atoms with Crippen LogP contribution in [0.15, 0.2) is 18.2 Å². The summed E-state index contributed by atoms with van der Waals surface area (Å²) in [6.07, 6.45) is 0. The van der Waals surface area contributed by atoms with Gasteiger partial charge in [0, 0.05) is 6.04 Å². The minimum atomic E-state index is -0.130. The molecule has 0 amide bonds. The minimum Gasteiger partial charge on any atom is -0.494 e. The summed E-state index contributed by atoms with van der Waals surface area (Å²) in [5.41, 5.74) is 2.47. The fourth-order valence-corrected chi connectivity index (χ4v) is 3.79. The Morgan fingerprint density at radius 1 is 1.24 bits per heavy atom. The van der Waals surface area contributed by atoms with E-state index in [2.05, 4.69) is 38.3 Å². The highest BCUT2D eigenvalue weighted by molar-refractivity contribution is 6.20. The maximum Gasteiger partial charge on any atom is 0.146 e. The molecule has 0 bridgehead atoms. The first kappa shape index (κ1) is 14.7. The number of aromatic nitrogens is 2. The number of halogens is 1. The molecule has 1 aromatic carbocycles. The van der Waals surface area contributed by atoms with E-state index in [1.807, 2.05) is 19.1 Å². The smallest absolute Gasteiger partial charge is 0.146 e. The molecule has 0 spiro atoms. The van der Waals surface area contributed by atoms with E-state index in [1.165, 1.54) is 0 Å². The number of fused-ring (bicyclic) bond motifs is 1. The lowest BCUT2D eigenvalue weighted by Gasteiger charge is -2.13. The second-order valence-electron chi connectivity index (χ2n) is 7.13. The summed E-state index contributed by atoms with van der Waals surface area (Å²) >= 11 is 6.41. The van der Waals surface area contributed by atoms with Crippen LogP contribution in [0, 0.1) is 10.8 Å². The lowest BCUT2D eigenvalue weighted by molar-refractivity contribution is 0.419. The molecule has 1 aliphatic rings. The van der Waals surface area contributed by atoms with Crippen molar-refractivity contribution >= 4 is 22.6 Å². The highest BCUT2D eigenvalue weighted by Gasteiger charge is 2.66. The second kappa shape index (κ2) is 4.39. The van der Waals surface area contributed by atoms with Gasteiger partial charge < -0.3 is 9.30 Å². The summed E-state index contributed by atoms with van der Waals surface area (Å²) in [4.78, 5) is 4.78. The van der Waals surface area contributed by atoms with Crippen molar-refractivity contribution in [3.63, 3.8) is 0 Å². The molecule has 2 aromatic rings. The van der Waals surface area contributed by atoms with Crippen molar-refractivity contribution in [2.45, 2.75) is 46.0 Å². The lowest BCUT2D eigenvalue weighted by Crippen LogP contribution is -2.06. The van der Waals surface area contributed by atoms with Crippen LogP contribution >= 0.6 is 11.6 Å². The van der Waals surface area contributed by atoms with Gasteiger partial charge in [-0.1, -0.05) is 33.8 Å². The number of imidazole rings is 1. The van der Waals surface area contributed by atoms with Gasteiger partial charge in [0.2, 0.25) is 0 Å². The number of benzene rings is 1. The van der Waals surface area contributed by atoms with Crippen LogP contribution in [0.3, 0.4) is 0 Å². The monoisotopic (exact) mass is 306 g/mol. The van der Waals surface area contributed by atoms with E-state index >= 15 is 0 Å². The zero-order valence-corrected chi connectivity index (χ0v) is 14.3. The van der Waals surface area contributed by atoms with Crippen LogP contribution in [0.2, 0.25) is 0 Å². The van der Waals surface area contributed by atoms with Crippen molar-refractivity contribution in [1.82, 2.24) is 9.55 Å². The van der Waals surface area contributed by atoms with Crippen molar-refractivity contribution in [1.29, 1.82) is 0 Å². The Morgan fingerprint density at radius 3 is 2.33 bits per heavy atom. The maximum absolute atomic E-state index is 6.41. The second-order valence-corrected chi connectivity index (χ2v) is 7.78. The Bertz CT molecular complexity index is 686. The molecule has 21 heavy (non-hydrogen) atoms. The summed E-state index contributed by atoms with van der Waals surface area (Å²) in [6, 6.07) is 6.48. The van der Waals surface area contributed by atoms with E-state index in [4.69, 9.17) is 21.3 Å². The van der Waals surface area contributed by atoms with Gasteiger partial charge in [-0.05, 0) is 29.9 Å². The summed E-state index contributed by atoms with van der Waals surface area (Å²) in [6.45, 7) is 11.2. The Morgan fingerprint density at radius 2 is 1.86 bits per heavy atom. The van der Waals surface area contributed by atoms with Crippen LogP contribution in [-0.2, 0) is 0 Å². The van der Waals surface area contributed by atoms with Gasteiger partial charge in [0.25, 0.3) is 0 Å². The van der Waals surface area contributed by atoms with Gasteiger partial charge in [-0.25, -0.2) is 4.98 Å². The first-order valence-corrected chi connectivity index (χ1v) is 7.86. The fraction of sp³-hybridized carbons (Fsp3) is 0.588. The van der Waals surface area contributed by atoms with E-state index in [0.29, 0.717) is 6.04 Å². The number of para-hydroxylation sites is 1. The SMILES string of the molecule is COc1cccc2c1nc(C(C)Cl)n2C1C(C)(C)C1(C)C. The summed E-state index contributed by atoms with van der Waals surface area (Å²) in [5, 5.41) is -0.130. The molecule has 0 N–H and O–H groups in total. The van der Waals surface area contributed by atoms with Crippen LogP contribution < -0.4 is 4.74 Å². The summed E-state index contributed by atoms with van der Waals surface area (Å²) in [5.74, 6) is 1.74. The molecule has 114 valence electrons. The number of hydrogen-bond donors (Lipinski definition) is 0. The predicted octanol–water partition coefficient (Wildman–Crippen LogP) is 4.95. The largest absolute Gasteiger partial charge is 0.494 e. The molecular formula is C17H23ClN2O. The minimum absolute atomic E-state index is 0.130. The first-order chi connectivity index (χ1) is 9.73. The molecule has 1 aromatic heterocycles. The van der Waals surface area contributed by atoms with Crippen molar-refractivity contribution < 1.29 is 4.74 Å². The van der Waals surface area contributed by atoms with E-state index in [0.717, 1.165) is 22.6 Å². The quantitative estimate of drug-likeness (QED) is 0.750. The molecule has 1 heterocycles. The molecule has 0 aliphatic heterocycles. The average Bonchev–Trinajstić information content (AvgIpc) is 2.73. The molecular weight excluding hydrogens is 284 g/mol. The van der Waals surface area contributed by atoms with Gasteiger partial charge in [0.15, 0.2) is 0 Å². The molecule has 1 unspecified atom stereocenters. The highest BCUT2D eigenvalue weighted by Crippen LogP contribution is 2.72. The molecule has 4 heteroatoms. The number of methoxy groups -OCH3 is 1. The number of rotatable bonds is 3. The average molecular weight is 307 g/mol. The van der Waals surface area contributed by atoms with Crippen molar-refractivity contribution in [3.05, 3.63) is 24.0 Å². The summed E-state index contributed by atoms with van der Waals surface area (Å²) < 4.78 is 7.79. The van der Waals surface area contributed by atoms with E-state index in [9.17, 15) is 0 Å². The van der Waals surface area contributed by atoms with Gasteiger partial charge in [-0.3, -0.25) is 0 Å². The van der Waals surface area contributed by atoms with E-state index < -0.39 is 0 Å². The Kier molecular flexibility index (Phi) is 3.07. The zero-order valence-electron chi connectivity index (χ0n) is 13.6. The van der Waals surface area contributed by atoms with Gasteiger partial charge in [0.05, 0.1) is 18.0 Å². The Labute approximate surface area is 131 Å². The van der Waals surface area contributed by atoms with Gasteiger partial charge in [-0.15, -0.1) is 11.6 Å². The van der Waals surface area contributed by atoms with Crippen LogP contribution in [0.4, 0.5) is 0 Å². The van der Waals surface area contributed by atoms with Crippen LogP contribution in [0.5, 0.6) is 5.75 Å². The Balaban J connectivity index is 2.29. The Hall–Kier alpha value is -1.22. The number of alkyl halides is 1. The molecule has 3 nitrogen and oxygen atoms in total. The van der Waals surface area contributed by atoms with E-state index in [1.54, 1.807) is 7.11 Å². The molecule has 1 atom stereocenters. The summed E-state index contributed by atoms with van der Waals surface area (Å²) in [7, 11) is 1.68. The highest BCUT2D eigenvalue weighted by atomic mass is 35.5. The third-order valence-electron chi connectivity index (χ3n) is 5.49. The fourth-order valence-electron chi connectivity index (χ4n) is 3.63. The predicted molar refractivity (Wildman–Crippen MR) is 87.2 cm³/mol. The van der Waals surface area contributed by atoms with Crippen molar-refractivity contribution in [3.8, 4) is 5.75 Å². The van der Waals surface area contributed by atoms with E-state index in [-0.39, 0.29) is 16.2 Å². The van der Waals surface area contributed by atoms with Gasteiger partial charge >= 0.3 is 0 Å². The molecule has 0 saturated heterocycles. The number of nitrogens with zero attached hydrogens (tertiary/aromatic N) is 2. The van der Waals surface area contributed by atoms with Crippen LogP contribution in [-0.4, -0.2) is 16.7 Å². The molecule has 3 rings (SSSR count). The normalized spacial score (nSPS) is 21.5. The van der Waals surface area contributed by atoms with Gasteiger partial charge in [-0.2, -0.15) is 0 Å². The number of hydrogen-bond acceptors (Lipinski definition) is 2. The molecule has 0 radical (unpaired) electrons. The van der Waals surface area contributed by atoms with Crippen LogP contribution in [0.1, 0.15) is 51.9 Å². The van der Waals surface area contributed by atoms with Crippen molar-refractivity contribution in [2.75, 3.05) is 7.11 Å². The number of ether oxygens (including phenoxy) is 1. The third kappa shape index (κ3) is 1.83. The lowest BCUT2D eigenvalue weighted by atomic mass is 10.0. The standard InChI is InChI=1S/C17H23ClN2O/c1-10(18)14-19-13-11(8-7-9-12(13)21-6)20(14)15-16(2,3)17(15,4)5/h7-10,15H,1-6H3. The maximum atomic E-state index is 6.41. The molecule has 1 fully saturated rings. The van der Waals surface area contributed by atoms with Crippen LogP contribution in [0.25, 0.3) is 11.0 Å². The van der Waals surface area contributed by atoms with Gasteiger partial charge in [0.1, 0.15) is 17.1 Å². The topological polar surface area (TPSA) is 27.1 Å². The van der Waals surface area contributed by atoms with Crippen molar-refractivity contribution in [2.24, 2.45) is 10.8 Å². The molecule has 1 saturated carbocycles. The molecule has 1 aliphatic carbocycles. The third-order valence-corrected chi connectivity index (χ3v) is 5.68. The first-order valence-electron chi connectivity index (χ1n) is 7.42.